The van der Waals surface area contributed by atoms with E-state index >= 15 is 0 Å². The Labute approximate surface area is 197 Å². The fourth-order valence-corrected chi connectivity index (χ4v) is 5.06. The summed E-state index contributed by atoms with van der Waals surface area (Å²) in [6.07, 6.45) is 3.07. The molecule has 0 unspecified atom stereocenters. The van der Waals surface area contributed by atoms with Gasteiger partial charge in [-0.2, -0.15) is 4.31 Å². The number of hydrazine groups is 1. The fraction of sp³-hybridized carbons (Fsp3) is 0.208. The van der Waals surface area contributed by atoms with Crippen molar-refractivity contribution in [3.05, 3.63) is 89.6 Å². The molecule has 34 heavy (non-hydrogen) atoms. The van der Waals surface area contributed by atoms with Crippen LogP contribution in [0.15, 0.2) is 77.8 Å². The minimum Gasteiger partial charge on any atom is -0.473 e. The van der Waals surface area contributed by atoms with Gasteiger partial charge < -0.3 is 4.74 Å². The highest BCUT2D eigenvalue weighted by atomic mass is 32.2. The highest BCUT2D eigenvalue weighted by Gasteiger charge is 2.27. The van der Waals surface area contributed by atoms with E-state index in [1.54, 1.807) is 0 Å². The van der Waals surface area contributed by atoms with Crippen molar-refractivity contribution in [2.24, 2.45) is 0 Å². The van der Waals surface area contributed by atoms with Crippen LogP contribution in [0.4, 0.5) is 0 Å². The van der Waals surface area contributed by atoms with Crippen LogP contribution < -0.4 is 15.6 Å². The monoisotopic (exact) mass is 480 g/mol. The van der Waals surface area contributed by atoms with Gasteiger partial charge in [-0.3, -0.25) is 20.4 Å². The first kappa shape index (κ1) is 23.4. The van der Waals surface area contributed by atoms with Gasteiger partial charge in [-0.25, -0.2) is 13.4 Å². The number of hydrogen-bond acceptors (Lipinski definition) is 6. The predicted octanol–water partition coefficient (Wildman–Crippen LogP) is 2.52. The molecule has 0 spiro atoms. The summed E-state index contributed by atoms with van der Waals surface area (Å²) in [5.74, 6) is -0.940. The molecule has 1 aliphatic heterocycles. The Balaban J connectivity index is 1.36. The van der Waals surface area contributed by atoms with E-state index in [0.717, 1.165) is 18.4 Å². The molecule has 0 aliphatic carbocycles. The zero-order valence-corrected chi connectivity index (χ0v) is 19.1. The fourth-order valence-electron chi connectivity index (χ4n) is 3.49. The van der Waals surface area contributed by atoms with Gasteiger partial charge in [0.15, 0.2) is 0 Å². The van der Waals surface area contributed by atoms with E-state index in [1.165, 1.54) is 46.9 Å². The number of sulfonamides is 1. The lowest BCUT2D eigenvalue weighted by Crippen LogP contribution is -2.41. The molecule has 2 heterocycles. The number of nitrogens with one attached hydrogen (secondary N) is 2. The first-order valence-corrected chi connectivity index (χ1v) is 12.2. The first-order chi connectivity index (χ1) is 16.4. The van der Waals surface area contributed by atoms with Gasteiger partial charge in [0.25, 0.3) is 11.8 Å². The lowest BCUT2D eigenvalue weighted by molar-refractivity contribution is 0.0846. The lowest BCUT2D eigenvalue weighted by Gasteiger charge is -2.16. The molecular formula is C24H24N4O5S. The number of pyridine rings is 1. The first-order valence-electron chi connectivity index (χ1n) is 10.8. The van der Waals surface area contributed by atoms with Crippen LogP contribution in [0.2, 0.25) is 0 Å². The van der Waals surface area contributed by atoms with Crippen LogP contribution in [-0.4, -0.2) is 42.6 Å². The van der Waals surface area contributed by atoms with Crippen molar-refractivity contribution in [1.29, 1.82) is 0 Å². The van der Waals surface area contributed by atoms with E-state index in [4.69, 9.17) is 4.74 Å². The van der Waals surface area contributed by atoms with Crippen LogP contribution >= 0.6 is 0 Å². The summed E-state index contributed by atoms with van der Waals surface area (Å²) >= 11 is 0. The number of amides is 2. The predicted molar refractivity (Wildman–Crippen MR) is 124 cm³/mol. The Bertz CT molecular complexity index is 1280. The molecule has 1 aromatic heterocycles. The van der Waals surface area contributed by atoms with Crippen LogP contribution in [0, 0.1) is 0 Å². The van der Waals surface area contributed by atoms with E-state index in [9.17, 15) is 18.0 Å². The zero-order valence-electron chi connectivity index (χ0n) is 18.3. The van der Waals surface area contributed by atoms with Crippen molar-refractivity contribution in [3.8, 4) is 5.88 Å². The van der Waals surface area contributed by atoms with E-state index in [1.807, 2.05) is 30.3 Å². The molecule has 1 aliphatic rings. The number of rotatable bonds is 7. The minimum absolute atomic E-state index is 0.0442. The highest BCUT2D eigenvalue weighted by molar-refractivity contribution is 7.89. The number of ether oxygens (including phenoxy) is 1. The largest absolute Gasteiger partial charge is 0.473 e. The van der Waals surface area contributed by atoms with Gasteiger partial charge in [-0.1, -0.05) is 36.4 Å². The SMILES string of the molecule is O=C(NNC(=O)c1ccnc(OCc2ccccc2)c1)c1cccc(S(=O)(=O)N2CCCC2)c1. The molecule has 1 fully saturated rings. The van der Waals surface area contributed by atoms with Gasteiger partial charge in [0.2, 0.25) is 15.9 Å². The van der Waals surface area contributed by atoms with Crippen molar-refractivity contribution in [3.63, 3.8) is 0 Å². The van der Waals surface area contributed by atoms with Crippen LogP contribution in [0.5, 0.6) is 5.88 Å². The van der Waals surface area contributed by atoms with E-state index < -0.39 is 21.8 Å². The third kappa shape index (κ3) is 5.59. The number of aromatic nitrogens is 1. The molecule has 1 saturated heterocycles. The zero-order chi connectivity index (χ0) is 24.0. The second-order valence-corrected chi connectivity index (χ2v) is 9.64. The smallest absolute Gasteiger partial charge is 0.269 e. The second kappa shape index (κ2) is 10.4. The highest BCUT2D eigenvalue weighted by Crippen LogP contribution is 2.21. The summed E-state index contributed by atoms with van der Waals surface area (Å²) in [5.41, 5.74) is 5.96. The number of nitrogens with zero attached hydrogens (tertiary/aromatic N) is 2. The van der Waals surface area contributed by atoms with Crippen LogP contribution in [0.1, 0.15) is 39.1 Å². The number of carbonyl (C=O) groups excluding carboxylic acids is 2. The normalized spacial score (nSPS) is 13.9. The molecular weight excluding hydrogens is 456 g/mol. The summed E-state index contributed by atoms with van der Waals surface area (Å²) in [4.78, 5) is 29.2. The number of benzene rings is 2. The van der Waals surface area contributed by atoms with E-state index in [2.05, 4.69) is 15.8 Å². The molecule has 9 nitrogen and oxygen atoms in total. The molecule has 0 saturated carbocycles. The molecule has 4 rings (SSSR count). The average Bonchev–Trinajstić information content (AvgIpc) is 3.43. The maximum absolute atomic E-state index is 12.7. The van der Waals surface area contributed by atoms with Crippen molar-refractivity contribution in [2.75, 3.05) is 13.1 Å². The molecule has 176 valence electrons. The molecule has 3 aromatic rings. The van der Waals surface area contributed by atoms with E-state index in [-0.39, 0.29) is 21.9 Å². The van der Waals surface area contributed by atoms with Crippen LogP contribution in [0.3, 0.4) is 0 Å². The van der Waals surface area contributed by atoms with Gasteiger partial charge in [0.05, 0.1) is 4.90 Å². The van der Waals surface area contributed by atoms with Gasteiger partial charge in [-0.15, -0.1) is 0 Å². The van der Waals surface area contributed by atoms with Crippen LogP contribution in [-0.2, 0) is 16.6 Å². The molecule has 2 amide bonds. The number of hydrogen-bond donors (Lipinski definition) is 2. The molecule has 10 heteroatoms. The maximum atomic E-state index is 12.7. The summed E-state index contributed by atoms with van der Waals surface area (Å²) in [5, 5.41) is 0. The van der Waals surface area contributed by atoms with Gasteiger partial charge in [0, 0.05) is 36.5 Å². The molecule has 2 N–H and O–H groups in total. The lowest BCUT2D eigenvalue weighted by atomic mass is 10.2. The van der Waals surface area contributed by atoms with Crippen molar-refractivity contribution >= 4 is 21.8 Å². The second-order valence-electron chi connectivity index (χ2n) is 7.70. The molecule has 0 radical (unpaired) electrons. The Morgan fingerprint density at radius 1 is 0.882 bits per heavy atom. The Hall–Kier alpha value is -3.76. The van der Waals surface area contributed by atoms with Crippen molar-refractivity contribution in [1.82, 2.24) is 20.1 Å². The molecule has 0 atom stereocenters. The quantitative estimate of drug-likeness (QED) is 0.502. The minimum atomic E-state index is -3.65. The van der Waals surface area contributed by atoms with E-state index in [0.29, 0.717) is 19.7 Å². The summed E-state index contributed by atoms with van der Waals surface area (Å²) in [7, 11) is -3.65. The number of carbonyl (C=O) groups is 2. The Morgan fingerprint density at radius 2 is 1.56 bits per heavy atom. The van der Waals surface area contributed by atoms with Gasteiger partial charge >= 0.3 is 0 Å². The van der Waals surface area contributed by atoms with Crippen LogP contribution in [0.25, 0.3) is 0 Å². The third-order valence-corrected chi connectivity index (χ3v) is 7.21. The summed E-state index contributed by atoms with van der Waals surface area (Å²) in [6, 6.07) is 18.2. The summed E-state index contributed by atoms with van der Waals surface area (Å²) in [6.45, 7) is 1.24. The molecule has 0 bridgehead atoms. The van der Waals surface area contributed by atoms with Crippen molar-refractivity contribution in [2.45, 2.75) is 24.3 Å². The third-order valence-electron chi connectivity index (χ3n) is 5.32. The Kier molecular flexibility index (Phi) is 7.19. The summed E-state index contributed by atoms with van der Waals surface area (Å²) < 4.78 is 32.5. The topological polar surface area (TPSA) is 118 Å². The standard InChI is InChI=1S/C24H24N4O5S/c29-23(19-9-6-10-21(15-19)34(31,32)28-13-4-5-14-28)26-27-24(30)20-11-12-25-22(16-20)33-17-18-7-2-1-3-8-18/h1-3,6-12,15-16H,4-5,13-14,17H2,(H,26,29)(H,27,30). The van der Waals surface area contributed by atoms with Gasteiger partial charge in [0.1, 0.15) is 6.61 Å². The molecule has 2 aromatic carbocycles. The van der Waals surface area contributed by atoms with Gasteiger partial charge in [-0.05, 0) is 42.7 Å². The Morgan fingerprint density at radius 3 is 2.26 bits per heavy atom. The van der Waals surface area contributed by atoms with Crippen molar-refractivity contribution < 1.29 is 22.7 Å². The maximum Gasteiger partial charge on any atom is 0.269 e. The average molecular weight is 481 g/mol.